The van der Waals surface area contributed by atoms with E-state index < -0.39 is 0 Å². The number of hydrogen-bond acceptors (Lipinski definition) is 2. The quantitative estimate of drug-likeness (QED) is 0.808. The van der Waals surface area contributed by atoms with E-state index in [4.69, 9.17) is 0 Å². The number of aryl methyl sites for hydroxylation is 3. The third-order valence-corrected chi connectivity index (χ3v) is 4.29. The molecule has 2 rings (SSSR count). The number of thiophene rings is 1. The van der Waals surface area contributed by atoms with Crippen LogP contribution in [0.4, 0.5) is 0 Å². The van der Waals surface area contributed by atoms with Crippen molar-refractivity contribution in [2.45, 2.75) is 39.7 Å². The molecule has 1 heterocycles. The highest BCUT2D eigenvalue weighted by Gasteiger charge is 2.11. The number of nitrogens with one attached hydrogen (secondary N) is 1. The Morgan fingerprint density at radius 3 is 2.68 bits per heavy atom. The Morgan fingerprint density at radius 1 is 1.21 bits per heavy atom. The van der Waals surface area contributed by atoms with Gasteiger partial charge in [-0.1, -0.05) is 36.8 Å². The van der Waals surface area contributed by atoms with E-state index >= 15 is 0 Å². The van der Waals surface area contributed by atoms with E-state index in [1.807, 2.05) is 11.3 Å². The first-order chi connectivity index (χ1) is 9.19. The molecule has 1 unspecified atom stereocenters. The molecule has 1 aromatic heterocycles. The average Bonchev–Trinajstić information content (AvgIpc) is 2.81. The molecule has 1 nitrogen and oxygen atoms in total. The van der Waals surface area contributed by atoms with Gasteiger partial charge in [0.15, 0.2) is 0 Å². The summed E-state index contributed by atoms with van der Waals surface area (Å²) in [6.45, 7) is 7.54. The van der Waals surface area contributed by atoms with Crippen LogP contribution in [0.5, 0.6) is 0 Å². The van der Waals surface area contributed by atoms with Crippen molar-refractivity contribution in [1.29, 1.82) is 0 Å². The van der Waals surface area contributed by atoms with E-state index in [0.717, 1.165) is 19.4 Å². The van der Waals surface area contributed by atoms with Gasteiger partial charge in [-0.2, -0.15) is 0 Å². The van der Waals surface area contributed by atoms with Crippen molar-refractivity contribution in [3.8, 4) is 0 Å². The first-order valence-electron chi connectivity index (χ1n) is 7.03. The fraction of sp³-hybridized carbons (Fsp3) is 0.412. The Kier molecular flexibility index (Phi) is 5.17. The van der Waals surface area contributed by atoms with Gasteiger partial charge < -0.3 is 5.32 Å². The standard InChI is InChI=1S/C17H23NS/c1-4-18-17(16-11-14(3)19-12-16)9-8-15-7-5-6-13(2)10-15/h5-7,10-12,17-18H,4,8-9H2,1-3H3. The second kappa shape index (κ2) is 6.88. The zero-order valence-electron chi connectivity index (χ0n) is 12.1. The van der Waals surface area contributed by atoms with Gasteiger partial charge in [-0.3, -0.25) is 0 Å². The Morgan fingerprint density at radius 2 is 2.05 bits per heavy atom. The van der Waals surface area contributed by atoms with Crippen molar-refractivity contribution in [3.63, 3.8) is 0 Å². The molecule has 1 aromatic carbocycles. The first-order valence-corrected chi connectivity index (χ1v) is 7.91. The molecule has 0 bridgehead atoms. The van der Waals surface area contributed by atoms with Crippen LogP contribution in [0, 0.1) is 13.8 Å². The van der Waals surface area contributed by atoms with Crippen molar-refractivity contribution in [2.75, 3.05) is 6.54 Å². The highest BCUT2D eigenvalue weighted by Crippen LogP contribution is 2.24. The minimum atomic E-state index is 0.482. The molecule has 2 heteroatoms. The third kappa shape index (κ3) is 4.19. The molecule has 0 fully saturated rings. The summed E-state index contributed by atoms with van der Waals surface area (Å²) in [6, 6.07) is 11.6. The number of benzene rings is 1. The van der Waals surface area contributed by atoms with Gasteiger partial charge in [-0.15, -0.1) is 11.3 Å². The number of rotatable bonds is 6. The molecule has 102 valence electrons. The van der Waals surface area contributed by atoms with E-state index in [1.165, 1.54) is 21.6 Å². The van der Waals surface area contributed by atoms with Gasteiger partial charge in [0.25, 0.3) is 0 Å². The lowest BCUT2D eigenvalue weighted by Gasteiger charge is -2.17. The predicted octanol–water partition coefficient (Wildman–Crippen LogP) is 4.65. The van der Waals surface area contributed by atoms with Crippen LogP contribution in [0.2, 0.25) is 0 Å². The van der Waals surface area contributed by atoms with Gasteiger partial charge in [0.2, 0.25) is 0 Å². The van der Waals surface area contributed by atoms with Crippen LogP contribution in [0.25, 0.3) is 0 Å². The smallest absolute Gasteiger partial charge is 0.0331 e. The molecule has 1 atom stereocenters. The van der Waals surface area contributed by atoms with Crippen LogP contribution in [0.1, 0.15) is 41.0 Å². The molecule has 0 saturated carbocycles. The molecule has 0 amide bonds. The lowest BCUT2D eigenvalue weighted by Crippen LogP contribution is -2.21. The zero-order valence-corrected chi connectivity index (χ0v) is 12.9. The first kappa shape index (κ1) is 14.3. The second-order valence-corrected chi connectivity index (χ2v) is 6.24. The van der Waals surface area contributed by atoms with Crippen LogP contribution >= 0.6 is 11.3 Å². The van der Waals surface area contributed by atoms with Gasteiger partial charge in [0.05, 0.1) is 0 Å². The minimum absolute atomic E-state index is 0.482. The van der Waals surface area contributed by atoms with Gasteiger partial charge in [-0.05, 0) is 55.8 Å². The summed E-state index contributed by atoms with van der Waals surface area (Å²) in [7, 11) is 0. The lowest BCUT2D eigenvalue weighted by molar-refractivity contribution is 0.516. The van der Waals surface area contributed by atoms with Gasteiger partial charge >= 0.3 is 0 Å². The largest absolute Gasteiger partial charge is 0.310 e. The second-order valence-electron chi connectivity index (χ2n) is 5.13. The van der Waals surface area contributed by atoms with E-state index in [1.54, 1.807) is 0 Å². The molecule has 1 N–H and O–H groups in total. The van der Waals surface area contributed by atoms with Crippen LogP contribution in [-0.4, -0.2) is 6.54 Å². The van der Waals surface area contributed by atoms with E-state index in [9.17, 15) is 0 Å². The Labute approximate surface area is 120 Å². The summed E-state index contributed by atoms with van der Waals surface area (Å²) >= 11 is 1.84. The highest BCUT2D eigenvalue weighted by molar-refractivity contribution is 7.10. The molecule has 2 aromatic rings. The maximum Gasteiger partial charge on any atom is 0.0331 e. The van der Waals surface area contributed by atoms with Gasteiger partial charge in [-0.25, -0.2) is 0 Å². The molecule has 0 aliphatic rings. The van der Waals surface area contributed by atoms with E-state index in [-0.39, 0.29) is 0 Å². The van der Waals surface area contributed by atoms with E-state index in [0.29, 0.717) is 6.04 Å². The molecular weight excluding hydrogens is 250 g/mol. The van der Waals surface area contributed by atoms with E-state index in [2.05, 4.69) is 61.8 Å². The molecule has 19 heavy (non-hydrogen) atoms. The molecule has 0 aliphatic carbocycles. The van der Waals surface area contributed by atoms with Crippen molar-refractivity contribution < 1.29 is 0 Å². The SMILES string of the molecule is CCNC(CCc1cccc(C)c1)c1csc(C)c1. The van der Waals surface area contributed by atoms with Gasteiger partial charge in [0.1, 0.15) is 0 Å². The molecule has 0 saturated heterocycles. The Balaban J connectivity index is 2.01. The maximum absolute atomic E-state index is 3.60. The normalized spacial score (nSPS) is 12.6. The topological polar surface area (TPSA) is 12.0 Å². The summed E-state index contributed by atoms with van der Waals surface area (Å²) in [5.74, 6) is 0. The Bertz CT molecular complexity index is 515. The summed E-state index contributed by atoms with van der Waals surface area (Å²) in [5.41, 5.74) is 4.23. The van der Waals surface area contributed by atoms with Crippen LogP contribution in [-0.2, 0) is 6.42 Å². The molecular formula is C17H23NS. The monoisotopic (exact) mass is 273 g/mol. The predicted molar refractivity (Wildman–Crippen MR) is 85.0 cm³/mol. The molecule has 0 spiro atoms. The summed E-state index contributed by atoms with van der Waals surface area (Å²) in [5, 5.41) is 5.89. The van der Waals surface area contributed by atoms with Gasteiger partial charge in [0, 0.05) is 10.9 Å². The summed E-state index contributed by atoms with van der Waals surface area (Å²) < 4.78 is 0. The highest BCUT2D eigenvalue weighted by atomic mass is 32.1. The third-order valence-electron chi connectivity index (χ3n) is 3.41. The zero-order chi connectivity index (χ0) is 13.7. The van der Waals surface area contributed by atoms with Crippen molar-refractivity contribution >= 4 is 11.3 Å². The summed E-state index contributed by atoms with van der Waals surface area (Å²) in [4.78, 5) is 1.40. The maximum atomic E-state index is 3.60. The average molecular weight is 273 g/mol. The molecule has 0 aliphatic heterocycles. The van der Waals surface area contributed by atoms with Crippen LogP contribution < -0.4 is 5.32 Å². The van der Waals surface area contributed by atoms with Crippen molar-refractivity contribution in [2.24, 2.45) is 0 Å². The van der Waals surface area contributed by atoms with Crippen molar-refractivity contribution in [3.05, 3.63) is 57.3 Å². The fourth-order valence-corrected chi connectivity index (χ4v) is 3.22. The Hall–Kier alpha value is -1.12. The van der Waals surface area contributed by atoms with Crippen LogP contribution in [0.15, 0.2) is 35.7 Å². The number of hydrogen-bond donors (Lipinski definition) is 1. The van der Waals surface area contributed by atoms with Crippen LogP contribution in [0.3, 0.4) is 0 Å². The molecule has 0 radical (unpaired) electrons. The van der Waals surface area contributed by atoms with Crippen molar-refractivity contribution in [1.82, 2.24) is 5.32 Å². The minimum Gasteiger partial charge on any atom is -0.310 e. The lowest BCUT2D eigenvalue weighted by atomic mass is 10.00. The fourth-order valence-electron chi connectivity index (χ4n) is 2.46. The summed E-state index contributed by atoms with van der Waals surface area (Å²) in [6.07, 6.45) is 2.29.